The minimum Gasteiger partial charge on any atom is -0.396 e. The summed E-state index contributed by atoms with van der Waals surface area (Å²) in [6.07, 6.45) is 2.24. The first-order chi connectivity index (χ1) is 6.23. The highest BCUT2D eigenvalue weighted by Gasteiger charge is 2.56. The summed E-state index contributed by atoms with van der Waals surface area (Å²) in [6.45, 7) is 3.20. The van der Waals surface area contributed by atoms with Gasteiger partial charge >= 0.3 is 0 Å². The molecule has 3 heteroatoms. The molecular formula is C10H18O3. The van der Waals surface area contributed by atoms with Crippen molar-refractivity contribution in [2.24, 2.45) is 17.8 Å². The van der Waals surface area contributed by atoms with Crippen LogP contribution >= 0.6 is 0 Å². The van der Waals surface area contributed by atoms with Gasteiger partial charge in [-0.15, -0.1) is 0 Å². The van der Waals surface area contributed by atoms with Gasteiger partial charge < -0.3 is 14.9 Å². The van der Waals surface area contributed by atoms with Gasteiger partial charge in [0.2, 0.25) is 0 Å². The Morgan fingerprint density at radius 1 is 1.38 bits per heavy atom. The Labute approximate surface area is 78.7 Å². The largest absolute Gasteiger partial charge is 0.396 e. The SMILES string of the molecule is C[C@H]1CC[C@H](C2(CO)CO2)[C@@H]1CO. The molecule has 2 aliphatic rings. The Balaban J connectivity index is 2.07. The van der Waals surface area contributed by atoms with E-state index in [1.165, 1.54) is 0 Å². The van der Waals surface area contributed by atoms with Crippen molar-refractivity contribution in [1.29, 1.82) is 0 Å². The van der Waals surface area contributed by atoms with E-state index in [9.17, 15) is 10.2 Å². The van der Waals surface area contributed by atoms with Crippen molar-refractivity contribution >= 4 is 0 Å². The van der Waals surface area contributed by atoms with Gasteiger partial charge in [-0.05, 0) is 30.6 Å². The number of aliphatic hydroxyl groups excluding tert-OH is 2. The van der Waals surface area contributed by atoms with Gasteiger partial charge in [-0.3, -0.25) is 0 Å². The summed E-state index contributed by atoms with van der Waals surface area (Å²) in [5.74, 6) is 1.27. The average molecular weight is 186 g/mol. The summed E-state index contributed by atoms with van der Waals surface area (Å²) in [4.78, 5) is 0. The van der Waals surface area contributed by atoms with E-state index in [0.717, 1.165) is 12.8 Å². The van der Waals surface area contributed by atoms with Crippen molar-refractivity contribution in [2.75, 3.05) is 19.8 Å². The van der Waals surface area contributed by atoms with Crippen LogP contribution in [0, 0.1) is 17.8 Å². The summed E-state index contributed by atoms with van der Waals surface area (Å²) in [5.41, 5.74) is -0.280. The van der Waals surface area contributed by atoms with E-state index in [4.69, 9.17) is 4.74 Å². The highest BCUT2D eigenvalue weighted by molar-refractivity contribution is 5.03. The van der Waals surface area contributed by atoms with Gasteiger partial charge in [-0.1, -0.05) is 6.92 Å². The van der Waals surface area contributed by atoms with Crippen molar-refractivity contribution in [1.82, 2.24) is 0 Å². The van der Waals surface area contributed by atoms with Crippen LogP contribution in [-0.4, -0.2) is 35.6 Å². The zero-order valence-corrected chi connectivity index (χ0v) is 8.07. The lowest BCUT2D eigenvalue weighted by Crippen LogP contribution is -2.34. The summed E-state index contributed by atoms with van der Waals surface area (Å²) in [6, 6.07) is 0. The molecule has 0 amide bonds. The standard InChI is InChI=1S/C10H18O3/c1-7-2-3-9(8(7)4-11)10(5-12)6-13-10/h7-9,11-12H,2-6H2,1H3/t7-,8+,9-,10?/m0/s1. The van der Waals surface area contributed by atoms with Crippen LogP contribution < -0.4 is 0 Å². The number of rotatable bonds is 3. The van der Waals surface area contributed by atoms with Gasteiger partial charge in [0.25, 0.3) is 0 Å². The topological polar surface area (TPSA) is 53.0 Å². The van der Waals surface area contributed by atoms with E-state index in [0.29, 0.717) is 24.4 Å². The molecule has 0 aromatic carbocycles. The molecule has 0 spiro atoms. The Bertz CT molecular complexity index is 189. The third kappa shape index (κ3) is 1.39. The molecule has 13 heavy (non-hydrogen) atoms. The van der Waals surface area contributed by atoms with Gasteiger partial charge in [-0.2, -0.15) is 0 Å². The van der Waals surface area contributed by atoms with Crippen LogP contribution in [0.2, 0.25) is 0 Å². The van der Waals surface area contributed by atoms with E-state index in [1.54, 1.807) is 0 Å². The molecule has 1 heterocycles. The monoisotopic (exact) mass is 186 g/mol. The van der Waals surface area contributed by atoms with E-state index in [2.05, 4.69) is 6.92 Å². The maximum absolute atomic E-state index is 9.26. The third-order valence-corrected chi connectivity index (χ3v) is 3.85. The molecular weight excluding hydrogens is 168 g/mol. The number of aliphatic hydroxyl groups is 2. The Hall–Kier alpha value is -0.120. The second-order valence-corrected chi connectivity index (χ2v) is 4.52. The second-order valence-electron chi connectivity index (χ2n) is 4.52. The predicted molar refractivity (Wildman–Crippen MR) is 48.2 cm³/mol. The van der Waals surface area contributed by atoms with Crippen molar-refractivity contribution in [3.63, 3.8) is 0 Å². The van der Waals surface area contributed by atoms with Crippen LogP contribution in [0.1, 0.15) is 19.8 Å². The lowest BCUT2D eigenvalue weighted by Gasteiger charge is -2.25. The smallest absolute Gasteiger partial charge is 0.118 e. The number of ether oxygens (including phenoxy) is 1. The third-order valence-electron chi connectivity index (χ3n) is 3.85. The molecule has 1 aliphatic heterocycles. The molecule has 1 saturated carbocycles. The number of hydrogen-bond donors (Lipinski definition) is 2. The maximum atomic E-state index is 9.26. The van der Waals surface area contributed by atoms with E-state index < -0.39 is 0 Å². The van der Waals surface area contributed by atoms with Crippen LogP contribution in [0.15, 0.2) is 0 Å². The van der Waals surface area contributed by atoms with Crippen molar-refractivity contribution in [3.8, 4) is 0 Å². The second kappa shape index (κ2) is 3.23. The molecule has 76 valence electrons. The van der Waals surface area contributed by atoms with Crippen LogP contribution in [0.3, 0.4) is 0 Å². The first-order valence-electron chi connectivity index (χ1n) is 5.09. The molecule has 2 rings (SSSR count). The van der Waals surface area contributed by atoms with Gasteiger partial charge in [0.15, 0.2) is 0 Å². The Kier molecular flexibility index (Phi) is 2.34. The zero-order valence-electron chi connectivity index (χ0n) is 8.07. The summed E-state index contributed by atoms with van der Waals surface area (Å²) >= 11 is 0. The molecule has 2 fully saturated rings. The summed E-state index contributed by atoms with van der Waals surface area (Å²) in [5, 5.41) is 18.5. The highest BCUT2D eigenvalue weighted by Crippen LogP contribution is 2.49. The van der Waals surface area contributed by atoms with Crippen molar-refractivity contribution < 1.29 is 14.9 Å². The molecule has 2 N–H and O–H groups in total. The van der Waals surface area contributed by atoms with Gasteiger partial charge in [0, 0.05) is 6.61 Å². The fourth-order valence-corrected chi connectivity index (χ4v) is 2.74. The quantitative estimate of drug-likeness (QED) is 0.627. The normalized spacial score (nSPS) is 49.6. The lowest BCUT2D eigenvalue weighted by atomic mass is 9.82. The minimum atomic E-state index is -0.280. The van der Waals surface area contributed by atoms with Gasteiger partial charge in [-0.25, -0.2) is 0 Å². The Morgan fingerprint density at radius 2 is 2.08 bits per heavy atom. The minimum absolute atomic E-state index is 0.112. The molecule has 3 nitrogen and oxygen atoms in total. The molecule has 0 radical (unpaired) electrons. The van der Waals surface area contributed by atoms with Crippen molar-refractivity contribution in [2.45, 2.75) is 25.4 Å². The number of hydrogen-bond acceptors (Lipinski definition) is 3. The number of epoxide rings is 1. The zero-order chi connectivity index (χ0) is 9.47. The molecule has 4 atom stereocenters. The van der Waals surface area contributed by atoms with Gasteiger partial charge in [0.1, 0.15) is 5.60 Å². The maximum Gasteiger partial charge on any atom is 0.118 e. The highest BCUT2D eigenvalue weighted by atomic mass is 16.6. The molecule has 0 aromatic rings. The van der Waals surface area contributed by atoms with E-state index in [1.807, 2.05) is 0 Å². The van der Waals surface area contributed by atoms with Crippen LogP contribution in [0.4, 0.5) is 0 Å². The van der Waals surface area contributed by atoms with Crippen LogP contribution in [0.5, 0.6) is 0 Å². The van der Waals surface area contributed by atoms with Gasteiger partial charge in [0.05, 0.1) is 13.2 Å². The van der Waals surface area contributed by atoms with Crippen molar-refractivity contribution in [3.05, 3.63) is 0 Å². The molecule has 1 aliphatic carbocycles. The molecule has 0 aromatic heterocycles. The summed E-state index contributed by atoms with van der Waals surface area (Å²) in [7, 11) is 0. The fraction of sp³-hybridized carbons (Fsp3) is 1.00. The van der Waals surface area contributed by atoms with E-state index >= 15 is 0 Å². The molecule has 0 bridgehead atoms. The Morgan fingerprint density at radius 3 is 2.54 bits per heavy atom. The lowest BCUT2D eigenvalue weighted by molar-refractivity contribution is 0.0691. The predicted octanol–water partition coefficient (Wildman–Crippen LogP) is 0.402. The molecule has 1 saturated heterocycles. The average Bonchev–Trinajstić information content (AvgIpc) is 2.85. The first kappa shape index (κ1) is 9.44. The van der Waals surface area contributed by atoms with Crippen LogP contribution in [0.25, 0.3) is 0 Å². The molecule has 1 unspecified atom stereocenters. The first-order valence-corrected chi connectivity index (χ1v) is 5.09. The van der Waals surface area contributed by atoms with Crippen LogP contribution in [-0.2, 0) is 4.74 Å². The fourth-order valence-electron chi connectivity index (χ4n) is 2.74. The van der Waals surface area contributed by atoms with E-state index in [-0.39, 0.29) is 18.8 Å². The summed E-state index contributed by atoms with van der Waals surface area (Å²) < 4.78 is 5.35.